The van der Waals surface area contributed by atoms with Crippen molar-refractivity contribution >= 4 is 17.6 Å². The maximum atomic E-state index is 11.0. The van der Waals surface area contributed by atoms with Crippen LogP contribution < -0.4 is 5.73 Å². The van der Waals surface area contributed by atoms with Crippen molar-refractivity contribution < 1.29 is 19.2 Å². The Morgan fingerprint density at radius 2 is 1.85 bits per heavy atom. The molecule has 0 fully saturated rings. The van der Waals surface area contributed by atoms with E-state index in [4.69, 9.17) is 5.73 Å². The lowest BCUT2D eigenvalue weighted by molar-refractivity contribution is -0.385. The second-order valence-electron chi connectivity index (χ2n) is 6.51. The highest BCUT2D eigenvalue weighted by Crippen LogP contribution is 2.19. The van der Waals surface area contributed by atoms with Gasteiger partial charge in [-0.25, -0.2) is 0 Å². The van der Waals surface area contributed by atoms with Gasteiger partial charge in [0.1, 0.15) is 0 Å². The lowest BCUT2D eigenvalue weighted by Crippen LogP contribution is -2.22. The Bertz CT molecular complexity index is 616. The van der Waals surface area contributed by atoms with E-state index in [9.17, 15) is 19.7 Å². The van der Waals surface area contributed by atoms with Crippen LogP contribution in [-0.4, -0.2) is 23.9 Å². The molecule has 1 aromatic rings. The summed E-state index contributed by atoms with van der Waals surface area (Å²) in [7, 11) is 1.28. The van der Waals surface area contributed by atoms with E-state index < -0.39 is 10.9 Å². The third-order valence-corrected chi connectivity index (χ3v) is 4.24. The number of unbranched alkanes of at least 4 members (excludes halogenated alkanes) is 2. The van der Waals surface area contributed by atoms with Gasteiger partial charge in [0.05, 0.1) is 18.5 Å². The summed E-state index contributed by atoms with van der Waals surface area (Å²) in [4.78, 5) is 32.0. The third-order valence-electron chi connectivity index (χ3n) is 4.24. The van der Waals surface area contributed by atoms with Crippen LogP contribution in [0.2, 0.25) is 0 Å². The summed E-state index contributed by atoms with van der Waals surface area (Å²) in [6.45, 7) is 5.91. The van der Waals surface area contributed by atoms with Gasteiger partial charge < -0.3 is 10.5 Å². The molecule has 0 radical (unpaired) electrons. The van der Waals surface area contributed by atoms with E-state index in [1.54, 1.807) is 19.1 Å². The zero-order valence-electron chi connectivity index (χ0n) is 16.8. The summed E-state index contributed by atoms with van der Waals surface area (Å²) in [5, 5.41) is 10.6. The van der Waals surface area contributed by atoms with Crippen molar-refractivity contribution in [1.82, 2.24) is 0 Å². The molecule has 0 spiro atoms. The van der Waals surface area contributed by atoms with Crippen LogP contribution in [-0.2, 0) is 20.7 Å². The first-order chi connectivity index (χ1) is 12.8. The van der Waals surface area contributed by atoms with Gasteiger partial charge >= 0.3 is 5.97 Å². The van der Waals surface area contributed by atoms with Crippen LogP contribution in [0.5, 0.6) is 0 Å². The van der Waals surface area contributed by atoms with Crippen LogP contribution >= 0.6 is 0 Å². The Balaban J connectivity index is 0.000000516. The van der Waals surface area contributed by atoms with E-state index in [2.05, 4.69) is 18.6 Å². The molecule has 0 saturated heterocycles. The standard InChI is InChI=1S/C10H11NO4.C10H21NO/c1-7-3-4-8(6-10(12)15-2)5-9(7)11(13)14;1-3-5-6-8-9(7-4-2)10(11)12/h3-5H,6H2,1-2H3;9H,3-8H2,1-2H3,(H2,11,12). The molecule has 7 heteroatoms. The minimum absolute atomic E-state index is 0.0244. The highest BCUT2D eigenvalue weighted by atomic mass is 16.6. The van der Waals surface area contributed by atoms with Crippen molar-refractivity contribution in [1.29, 1.82) is 0 Å². The van der Waals surface area contributed by atoms with Crippen molar-refractivity contribution in [3.05, 3.63) is 39.4 Å². The molecule has 0 aliphatic rings. The molecule has 1 unspecified atom stereocenters. The normalized spacial score (nSPS) is 11.1. The molecular formula is C20H32N2O5. The van der Waals surface area contributed by atoms with Gasteiger partial charge in [-0.3, -0.25) is 19.7 Å². The monoisotopic (exact) mass is 380 g/mol. The number of esters is 1. The number of carbonyl (C=O) groups excluding carboxylic acids is 2. The number of hydrogen-bond donors (Lipinski definition) is 1. The molecule has 0 heterocycles. The Morgan fingerprint density at radius 3 is 2.33 bits per heavy atom. The van der Waals surface area contributed by atoms with Crippen molar-refractivity contribution in [3.8, 4) is 0 Å². The molecule has 1 rings (SSSR count). The van der Waals surface area contributed by atoms with Gasteiger partial charge in [0.2, 0.25) is 5.91 Å². The van der Waals surface area contributed by atoms with Crippen LogP contribution in [0.15, 0.2) is 18.2 Å². The quantitative estimate of drug-likeness (QED) is 0.284. The number of ether oxygens (including phenoxy) is 1. The van der Waals surface area contributed by atoms with E-state index >= 15 is 0 Å². The summed E-state index contributed by atoms with van der Waals surface area (Å²) in [6, 6.07) is 4.70. The second kappa shape index (κ2) is 13.7. The molecule has 1 amide bonds. The lowest BCUT2D eigenvalue weighted by atomic mass is 9.96. The van der Waals surface area contributed by atoms with Crippen LogP contribution in [0.1, 0.15) is 63.5 Å². The smallest absolute Gasteiger partial charge is 0.309 e. The third kappa shape index (κ3) is 10.3. The number of methoxy groups -OCH3 is 1. The van der Waals surface area contributed by atoms with Gasteiger partial charge in [-0.1, -0.05) is 51.7 Å². The number of amides is 1. The summed E-state index contributed by atoms with van der Waals surface area (Å²) in [5.74, 6) is -0.400. The van der Waals surface area contributed by atoms with E-state index in [-0.39, 0.29) is 23.9 Å². The number of benzene rings is 1. The minimum Gasteiger partial charge on any atom is -0.469 e. The molecule has 0 saturated carbocycles. The van der Waals surface area contributed by atoms with Gasteiger partial charge in [0.15, 0.2) is 0 Å². The summed E-state index contributed by atoms with van der Waals surface area (Å²) >= 11 is 0. The lowest BCUT2D eigenvalue weighted by Gasteiger charge is -2.10. The highest BCUT2D eigenvalue weighted by Gasteiger charge is 2.13. The van der Waals surface area contributed by atoms with E-state index in [0.717, 1.165) is 25.7 Å². The molecule has 152 valence electrons. The molecule has 27 heavy (non-hydrogen) atoms. The first kappa shape index (κ1) is 24.6. The minimum atomic E-state index is -0.462. The number of carbonyl (C=O) groups is 2. The van der Waals surface area contributed by atoms with Crippen molar-refractivity contribution in [2.45, 2.75) is 65.7 Å². The number of nitrogens with two attached hydrogens (primary N) is 1. The molecule has 1 aromatic carbocycles. The number of nitrogens with zero attached hydrogens (tertiary/aromatic N) is 1. The maximum absolute atomic E-state index is 11.0. The van der Waals surface area contributed by atoms with Gasteiger partial charge in [-0.15, -0.1) is 0 Å². The number of primary amides is 1. The average molecular weight is 380 g/mol. The Labute approximate surface area is 161 Å². The summed E-state index contributed by atoms with van der Waals surface area (Å²) < 4.78 is 4.48. The summed E-state index contributed by atoms with van der Waals surface area (Å²) in [6.07, 6.45) is 6.61. The Hall–Kier alpha value is -2.44. The topological polar surface area (TPSA) is 113 Å². The van der Waals surface area contributed by atoms with E-state index in [1.165, 1.54) is 26.0 Å². The number of aryl methyl sites for hydroxylation is 1. The molecular weight excluding hydrogens is 348 g/mol. The number of nitro groups is 1. The zero-order chi connectivity index (χ0) is 20.8. The average Bonchev–Trinajstić information content (AvgIpc) is 2.62. The first-order valence-corrected chi connectivity index (χ1v) is 9.36. The molecule has 0 aliphatic heterocycles. The predicted molar refractivity (Wildman–Crippen MR) is 105 cm³/mol. The SMILES string of the molecule is CCCCCC(CCC)C(N)=O.COC(=O)Cc1ccc(C)c([N+](=O)[O-])c1. The summed E-state index contributed by atoms with van der Waals surface area (Å²) in [5.41, 5.74) is 6.45. The second-order valence-corrected chi connectivity index (χ2v) is 6.51. The number of nitro benzene ring substituents is 1. The van der Waals surface area contributed by atoms with Crippen molar-refractivity contribution in [2.75, 3.05) is 7.11 Å². The zero-order valence-corrected chi connectivity index (χ0v) is 16.8. The van der Waals surface area contributed by atoms with Crippen molar-refractivity contribution in [3.63, 3.8) is 0 Å². The fourth-order valence-corrected chi connectivity index (χ4v) is 2.62. The molecule has 7 nitrogen and oxygen atoms in total. The largest absolute Gasteiger partial charge is 0.469 e. The molecule has 0 aromatic heterocycles. The van der Waals surface area contributed by atoms with Gasteiger partial charge in [-0.2, -0.15) is 0 Å². The number of rotatable bonds is 10. The van der Waals surface area contributed by atoms with Gasteiger partial charge in [0, 0.05) is 17.5 Å². The van der Waals surface area contributed by atoms with Gasteiger partial charge in [0.25, 0.3) is 5.69 Å². The Kier molecular flexibility index (Phi) is 12.5. The van der Waals surface area contributed by atoms with Crippen LogP contribution in [0.4, 0.5) is 5.69 Å². The van der Waals surface area contributed by atoms with Crippen LogP contribution in [0.3, 0.4) is 0 Å². The first-order valence-electron chi connectivity index (χ1n) is 9.36. The molecule has 0 aliphatic carbocycles. The maximum Gasteiger partial charge on any atom is 0.309 e. The molecule has 0 bridgehead atoms. The van der Waals surface area contributed by atoms with Crippen LogP contribution in [0, 0.1) is 23.0 Å². The highest BCUT2D eigenvalue weighted by molar-refractivity contribution is 5.76. The van der Waals surface area contributed by atoms with E-state index in [0.29, 0.717) is 11.1 Å². The number of hydrogen-bond acceptors (Lipinski definition) is 5. The Morgan fingerprint density at radius 1 is 1.19 bits per heavy atom. The molecule has 1 atom stereocenters. The fourth-order valence-electron chi connectivity index (χ4n) is 2.62. The molecule has 2 N–H and O–H groups in total. The van der Waals surface area contributed by atoms with Crippen LogP contribution in [0.25, 0.3) is 0 Å². The van der Waals surface area contributed by atoms with Gasteiger partial charge in [-0.05, 0) is 25.3 Å². The predicted octanol–water partition coefficient (Wildman–Crippen LogP) is 4.09. The fraction of sp³-hybridized carbons (Fsp3) is 0.600. The van der Waals surface area contributed by atoms with Crippen molar-refractivity contribution in [2.24, 2.45) is 11.7 Å². The van der Waals surface area contributed by atoms with E-state index in [1.807, 2.05) is 0 Å².